The van der Waals surface area contributed by atoms with Gasteiger partial charge in [0.25, 0.3) is 5.91 Å². The van der Waals surface area contributed by atoms with Gasteiger partial charge < -0.3 is 9.88 Å². The molecule has 3 aromatic rings. The molecule has 1 heterocycles. The number of carbonyl (C=O) groups is 2. The molecule has 3 rings (SSSR count). The summed E-state index contributed by atoms with van der Waals surface area (Å²) in [6, 6.07) is 16.1. The summed E-state index contributed by atoms with van der Waals surface area (Å²) in [7, 11) is 1.85. The zero-order valence-corrected chi connectivity index (χ0v) is 19.4. The molecule has 0 unspecified atom stereocenters. The normalized spacial score (nSPS) is 12.0. The smallest absolute Gasteiger partial charge is 0.251 e. The first-order valence-electron chi connectivity index (χ1n) is 9.53. The van der Waals surface area contributed by atoms with Gasteiger partial charge in [0.1, 0.15) is 0 Å². The summed E-state index contributed by atoms with van der Waals surface area (Å²) in [5.74, 6) is 0.901. The number of benzene rings is 2. The van der Waals surface area contributed by atoms with Gasteiger partial charge in [-0.05, 0) is 30.2 Å². The van der Waals surface area contributed by atoms with Crippen LogP contribution in [0, 0.1) is 5.92 Å². The predicted molar refractivity (Wildman–Crippen MR) is 122 cm³/mol. The fraction of sp³-hybridized carbons (Fsp3) is 0.273. The molecular weight excluding hydrogens is 464 g/mol. The van der Waals surface area contributed by atoms with E-state index in [4.69, 9.17) is 0 Å². The Morgan fingerprint density at radius 1 is 1.03 bits per heavy atom. The molecule has 0 saturated carbocycles. The van der Waals surface area contributed by atoms with Crippen LogP contribution >= 0.6 is 27.7 Å². The maximum Gasteiger partial charge on any atom is 0.251 e. The van der Waals surface area contributed by atoms with Crippen molar-refractivity contribution in [2.45, 2.75) is 25.0 Å². The third kappa shape index (κ3) is 5.37. The second-order valence-corrected chi connectivity index (χ2v) is 9.04. The third-order valence-electron chi connectivity index (χ3n) is 4.63. The highest BCUT2D eigenvalue weighted by Gasteiger charge is 2.25. The van der Waals surface area contributed by atoms with E-state index in [1.54, 1.807) is 24.3 Å². The van der Waals surface area contributed by atoms with Gasteiger partial charge in [-0.2, -0.15) is 0 Å². The first-order chi connectivity index (χ1) is 14.4. The van der Waals surface area contributed by atoms with Crippen molar-refractivity contribution in [1.82, 2.24) is 20.1 Å². The quantitative estimate of drug-likeness (QED) is 0.369. The molecule has 1 atom stereocenters. The fourth-order valence-corrected chi connectivity index (χ4v) is 3.99. The summed E-state index contributed by atoms with van der Waals surface area (Å²) in [4.78, 5) is 25.1. The Hall–Kier alpha value is -2.45. The first-order valence-corrected chi connectivity index (χ1v) is 11.3. The molecule has 0 aliphatic rings. The maximum atomic E-state index is 12.6. The van der Waals surface area contributed by atoms with Crippen molar-refractivity contribution >= 4 is 39.4 Å². The van der Waals surface area contributed by atoms with Gasteiger partial charge in [-0.1, -0.05) is 71.9 Å². The van der Waals surface area contributed by atoms with Gasteiger partial charge in [-0.25, -0.2) is 0 Å². The van der Waals surface area contributed by atoms with Gasteiger partial charge in [0.2, 0.25) is 0 Å². The summed E-state index contributed by atoms with van der Waals surface area (Å²) in [5, 5.41) is 12.2. The van der Waals surface area contributed by atoms with Crippen molar-refractivity contribution < 1.29 is 9.59 Å². The molecule has 30 heavy (non-hydrogen) atoms. The number of hydrogen-bond donors (Lipinski definition) is 1. The molecule has 0 radical (unpaired) electrons. The SMILES string of the molecule is CC(C)[C@H](NC(=O)c1ccccc1)c1nnc(SCC(=O)c2ccc(Br)cc2)n1C. The number of rotatable bonds is 8. The zero-order valence-electron chi connectivity index (χ0n) is 17.0. The number of amides is 1. The summed E-state index contributed by atoms with van der Waals surface area (Å²) in [6.07, 6.45) is 0. The van der Waals surface area contributed by atoms with Crippen LogP contribution in [0.15, 0.2) is 64.2 Å². The van der Waals surface area contributed by atoms with E-state index in [0.717, 1.165) is 4.47 Å². The van der Waals surface area contributed by atoms with Gasteiger partial charge in [0.05, 0.1) is 11.8 Å². The van der Waals surface area contributed by atoms with Crippen LogP contribution in [-0.2, 0) is 7.05 Å². The standard InChI is InChI=1S/C22H23BrN4O2S/c1-14(2)19(24-21(29)16-7-5-4-6-8-16)20-25-26-22(27(20)3)30-13-18(28)15-9-11-17(23)12-10-15/h4-12,14,19H,13H2,1-3H3,(H,24,29)/t19-/m0/s1. The lowest BCUT2D eigenvalue weighted by Gasteiger charge is -2.21. The molecule has 1 amide bonds. The Morgan fingerprint density at radius 2 is 1.70 bits per heavy atom. The Bertz CT molecular complexity index is 1020. The highest BCUT2D eigenvalue weighted by atomic mass is 79.9. The molecule has 6 nitrogen and oxygen atoms in total. The minimum Gasteiger partial charge on any atom is -0.342 e. The predicted octanol–water partition coefficient (Wildman–Crippen LogP) is 4.68. The van der Waals surface area contributed by atoms with Crippen molar-refractivity contribution in [1.29, 1.82) is 0 Å². The van der Waals surface area contributed by atoms with E-state index in [-0.39, 0.29) is 29.4 Å². The van der Waals surface area contributed by atoms with Gasteiger partial charge in [-0.15, -0.1) is 10.2 Å². The number of aromatic nitrogens is 3. The molecule has 156 valence electrons. The first kappa shape index (κ1) is 22.2. The van der Waals surface area contributed by atoms with Crippen LogP contribution in [0.2, 0.25) is 0 Å². The molecule has 0 bridgehead atoms. The van der Waals surface area contributed by atoms with Crippen molar-refractivity contribution in [2.24, 2.45) is 13.0 Å². The number of nitrogens with zero attached hydrogens (tertiary/aromatic N) is 3. The van der Waals surface area contributed by atoms with Crippen LogP contribution in [0.1, 0.15) is 46.4 Å². The van der Waals surface area contributed by atoms with Crippen LogP contribution in [0.5, 0.6) is 0 Å². The summed E-state index contributed by atoms with van der Waals surface area (Å²) < 4.78 is 2.78. The lowest BCUT2D eigenvalue weighted by Crippen LogP contribution is -2.33. The zero-order chi connectivity index (χ0) is 21.7. The summed E-state index contributed by atoms with van der Waals surface area (Å²) in [5.41, 5.74) is 1.25. The van der Waals surface area contributed by atoms with Gasteiger partial charge in [-0.3, -0.25) is 9.59 Å². The second kappa shape index (κ2) is 10.0. The average Bonchev–Trinajstić information content (AvgIpc) is 3.11. The van der Waals surface area contributed by atoms with Crippen molar-refractivity contribution in [2.75, 3.05) is 5.75 Å². The minimum atomic E-state index is -0.299. The average molecular weight is 487 g/mol. The molecule has 0 fully saturated rings. The molecule has 8 heteroatoms. The van der Waals surface area contributed by atoms with Crippen LogP contribution < -0.4 is 5.32 Å². The molecule has 1 aromatic heterocycles. The lowest BCUT2D eigenvalue weighted by atomic mass is 10.0. The molecular formula is C22H23BrN4O2S. The third-order valence-corrected chi connectivity index (χ3v) is 6.18. The van der Waals surface area contributed by atoms with Gasteiger partial charge in [0.15, 0.2) is 16.8 Å². The molecule has 0 aliphatic carbocycles. The van der Waals surface area contributed by atoms with Crippen molar-refractivity contribution in [3.05, 3.63) is 76.0 Å². The van der Waals surface area contributed by atoms with E-state index in [0.29, 0.717) is 22.1 Å². The van der Waals surface area contributed by atoms with E-state index < -0.39 is 0 Å². The van der Waals surface area contributed by atoms with Crippen LogP contribution in [0.3, 0.4) is 0 Å². The fourth-order valence-electron chi connectivity index (χ4n) is 2.92. The minimum absolute atomic E-state index is 0.0230. The topological polar surface area (TPSA) is 76.9 Å². The van der Waals surface area contributed by atoms with Gasteiger partial charge in [0, 0.05) is 22.6 Å². The number of carbonyl (C=O) groups excluding carboxylic acids is 2. The van der Waals surface area contributed by atoms with Crippen LogP contribution in [0.25, 0.3) is 0 Å². The Morgan fingerprint density at radius 3 is 2.33 bits per heavy atom. The number of halogens is 1. The molecule has 1 N–H and O–H groups in total. The molecule has 0 aliphatic heterocycles. The monoisotopic (exact) mass is 486 g/mol. The Kier molecular flexibility index (Phi) is 7.44. The maximum absolute atomic E-state index is 12.6. The Labute approximate surface area is 188 Å². The second-order valence-electron chi connectivity index (χ2n) is 7.18. The summed E-state index contributed by atoms with van der Waals surface area (Å²) in [6.45, 7) is 4.04. The summed E-state index contributed by atoms with van der Waals surface area (Å²) >= 11 is 4.71. The Balaban J connectivity index is 1.70. The number of thioether (sulfide) groups is 1. The lowest BCUT2D eigenvalue weighted by molar-refractivity contribution is 0.0921. The highest BCUT2D eigenvalue weighted by molar-refractivity contribution is 9.10. The van der Waals surface area contributed by atoms with E-state index in [1.807, 2.05) is 55.8 Å². The number of nitrogens with one attached hydrogen (secondary N) is 1. The molecule has 0 saturated heterocycles. The van der Waals surface area contributed by atoms with Crippen molar-refractivity contribution in [3.63, 3.8) is 0 Å². The number of ketones is 1. The van der Waals surface area contributed by atoms with E-state index in [9.17, 15) is 9.59 Å². The van der Waals surface area contributed by atoms with Crippen LogP contribution in [-0.4, -0.2) is 32.2 Å². The van der Waals surface area contributed by atoms with Crippen molar-refractivity contribution in [3.8, 4) is 0 Å². The number of Topliss-reactive ketones (excluding diaryl/α,β-unsaturated/α-hetero) is 1. The molecule has 2 aromatic carbocycles. The van der Waals surface area contributed by atoms with E-state index in [1.165, 1.54) is 11.8 Å². The van der Waals surface area contributed by atoms with Gasteiger partial charge >= 0.3 is 0 Å². The van der Waals surface area contributed by atoms with E-state index >= 15 is 0 Å². The largest absolute Gasteiger partial charge is 0.342 e. The van der Waals surface area contributed by atoms with Crippen LogP contribution in [0.4, 0.5) is 0 Å². The highest BCUT2D eigenvalue weighted by Crippen LogP contribution is 2.25. The van der Waals surface area contributed by atoms with E-state index in [2.05, 4.69) is 31.4 Å². The number of hydrogen-bond acceptors (Lipinski definition) is 5. The molecule has 0 spiro atoms.